The minimum Gasteiger partial charge on any atom is -0.497 e. The van der Waals surface area contributed by atoms with Gasteiger partial charge in [0.1, 0.15) is 17.2 Å². The van der Waals surface area contributed by atoms with Gasteiger partial charge in [-0.15, -0.1) is 0 Å². The highest BCUT2D eigenvalue weighted by atomic mass is 16.5. The van der Waals surface area contributed by atoms with Gasteiger partial charge in [-0.25, -0.2) is 4.79 Å². The van der Waals surface area contributed by atoms with Crippen molar-refractivity contribution in [3.05, 3.63) is 78.4 Å². The number of methoxy groups -OCH3 is 1. The number of esters is 2. The lowest BCUT2D eigenvalue weighted by atomic mass is 10.1. The quantitative estimate of drug-likeness (QED) is 0.200. The van der Waals surface area contributed by atoms with Gasteiger partial charge in [-0.2, -0.15) is 0 Å². The van der Waals surface area contributed by atoms with Gasteiger partial charge >= 0.3 is 11.9 Å². The van der Waals surface area contributed by atoms with E-state index in [9.17, 15) is 9.59 Å². The van der Waals surface area contributed by atoms with E-state index < -0.39 is 5.97 Å². The minimum atomic E-state index is -0.444. The van der Waals surface area contributed by atoms with Crippen molar-refractivity contribution in [2.45, 2.75) is 26.7 Å². The van der Waals surface area contributed by atoms with Gasteiger partial charge in [0.15, 0.2) is 0 Å². The summed E-state index contributed by atoms with van der Waals surface area (Å²) in [7, 11) is 1.63. The van der Waals surface area contributed by atoms with E-state index in [1.165, 1.54) is 0 Å². The fourth-order valence-electron chi connectivity index (χ4n) is 3.08. The molecule has 0 aliphatic carbocycles. The molecule has 0 N–H and O–H groups in total. The van der Waals surface area contributed by atoms with Crippen LogP contribution < -0.4 is 14.2 Å². The van der Waals surface area contributed by atoms with E-state index in [0.717, 1.165) is 23.3 Å². The molecule has 3 aromatic rings. The summed E-state index contributed by atoms with van der Waals surface area (Å²) in [5.41, 5.74) is 2.48. The molecule has 3 rings (SSSR count). The van der Waals surface area contributed by atoms with Crippen molar-refractivity contribution in [3.8, 4) is 28.4 Å². The minimum absolute atomic E-state index is 0.0837. The maximum Gasteiger partial charge on any atom is 0.343 e. The zero-order chi connectivity index (χ0) is 24.3. The lowest BCUT2D eigenvalue weighted by Crippen LogP contribution is -2.15. The van der Waals surface area contributed by atoms with Crippen molar-refractivity contribution in [2.24, 2.45) is 5.92 Å². The lowest BCUT2D eigenvalue weighted by Gasteiger charge is -2.10. The molecule has 1 unspecified atom stereocenters. The summed E-state index contributed by atoms with van der Waals surface area (Å²) in [5.74, 6) is 1.19. The Hall–Kier alpha value is -3.80. The number of carbonyl (C=O) groups excluding carboxylic acids is 2. The monoisotopic (exact) mass is 462 g/mol. The summed E-state index contributed by atoms with van der Waals surface area (Å²) >= 11 is 0. The Labute approximate surface area is 200 Å². The van der Waals surface area contributed by atoms with Crippen LogP contribution in [-0.2, 0) is 9.53 Å². The number of hydrogen-bond acceptors (Lipinski definition) is 6. The molecule has 0 fully saturated rings. The van der Waals surface area contributed by atoms with Crippen molar-refractivity contribution < 1.29 is 28.5 Å². The summed E-state index contributed by atoms with van der Waals surface area (Å²) in [5, 5.41) is 0. The van der Waals surface area contributed by atoms with E-state index in [1.807, 2.05) is 50.2 Å². The van der Waals surface area contributed by atoms with Crippen molar-refractivity contribution in [2.75, 3.05) is 20.3 Å². The fourth-order valence-corrected chi connectivity index (χ4v) is 3.08. The van der Waals surface area contributed by atoms with Crippen LogP contribution in [0.5, 0.6) is 17.2 Å². The molecule has 178 valence electrons. The number of rotatable bonds is 11. The highest BCUT2D eigenvalue weighted by Gasteiger charge is 2.12. The van der Waals surface area contributed by atoms with Gasteiger partial charge in [-0.05, 0) is 66.1 Å². The van der Waals surface area contributed by atoms with Gasteiger partial charge in [0, 0.05) is 6.42 Å². The Balaban J connectivity index is 1.45. The normalized spacial score (nSPS) is 11.4. The summed E-state index contributed by atoms with van der Waals surface area (Å²) in [6, 6.07) is 21.8. The average molecular weight is 463 g/mol. The third-order valence-electron chi connectivity index (χ3n) is 5.39. The smallest absolute Gasteiger partial charge is 0.343 e. The van der Waals surface area contributed by atoms with E-state index in [4.69, 9.17) is 18.9 Å². The molecule has 0 aliphatic rings. The SMILES string of the molecule is CCC(C)C(=O)OCCCOc1ccc(C(=O)Oc2ccc(-c3ccc(OC)cc3)cc2)cc1. The largest absolute Gasteiger partial charge is 0.497 e. The Morgan fingerprint density at radius 2 is 1.32 bits per heavy atom. The Kier molecular flexibility index (Phi) is 9.09. The molecule has 6 heteroatoms. The van der Waals surface area contributed by atoms with Crippen molar-refractivity contribution >= 4 is 11.9 Å². The van der Waals surface area contributed by atoms with E-state index in [0.29, 0.717) is 36.7 Å². The van der Waals surface area contributed by atoms with Gasteiger partial charge in [0.2, 0.25) is 0 Å². The van der Waals surface area contributed by atoms with E-state index in [-0.39, 0.29) is 11.9 Å². The molecule has 0 amide bonds. The average Bonchev–Trinajstić information content (AvgIpc) is 2.88. The predicted molar refractivity (Wildman–Crippen MR) is 130 cm³/mol. The molecule has 6 nitrogen and oxygen atoms in total. The zero-order valence-electron chi connectivity index (χ0n) is 19.8. The fraction of sp³-hybridized carbons (Fsp3) is 0.286. The molecular weight excluding hydrogens is 432 g/mol. The second kappa shape index (κ2) is 12.4. The lowest BCUT2D eigenvalue weighted by molar-refractivity contribution is -0.148. The van der Waals surface area contributed by atoms with Crippen LogP contribution in [0.3, 0.4) is 0 Å². The first-order chi connectivity index (χ1) is 16.5. The Morgan fingerprint density at radius 3 is 1.88 bits per heavy atom. The van der Waals surface area contributed by atoms with Crippen LogP contribution >= 0.6 is 0 Å². The van der Waals surface area contributed by atoms with E-state index >= 15 is 0 Å². The first-order valence-corrected chi connectivity index (χ1v) is 11.4. The van der Waals surface area contributed by atoms with Crippen molar-refractivity contribution in [1.29, 1.82) is 0 Å². The van der Waals surface area contributed by atoms with Crippen molar-refractivity contribution in [1.82, 2.24) is 0 Å². The zero-order valence-corrected chi connectivity index (χ0v) is 19.8. The third-order valence-corrected chi connectivity index (χ3v) is 5.39. The molecule has 0 bridgehead atoms. The van der Waals surface area contributed by atoms with E-state index in [2.05, 4.69) is 0 Å². The summed E-state index contributed by atoms with van der Waals surface area (Å²) in [4.78, 5) is 24.1. The second-order valence-electron chi connectivity index (χ2n) is 7.85. The maximum atomic E-state index is 12.5. The highest BCUT2D eigenvalue weighted by Crippen LogP contribution is 2.25. The standard InChI is InChI=1S/C28H30O6/c1-4-20(2)27(29)33-19-5-18-32-25-14-10-23(11-15-25)28(30)34-26-16-8-22(9-17-26)21-6-12-24(31-3)13-7-21/h6-17,20H,4-5,18-19H2,1-3H3. The van der Waals surface area contributed by atoms with Crippen LogP contribution in [0.15, 0.2) is 72.8 Å². The second-order valence-corrected chi connectivity index (χ2v) is 7.85. The molecular formula is C28H30O6. The maximum absolute atomic E-state index is 12.5. The number of hydrogen-bond donors (Lipinski definition) is 0. The van der Waals surface area contributed by atoms with Crippen LogP contribution in [0, 0.1) is 5.92 Å². The van der Waals surface area contributed by atoms with Crippen LogP contribution in [0.1, 0.15) is 37.0 Å². The molecule has 0 aliphatic heterocycles. The van der Waals surface area contributed by atoms with Crippen molar-refractivity contribution in [3.63, 3.8) is 0 Å². The molecule has 3 aromatic carbocycles. The highest BCUT2D eigenvalue weighted by molar-refractivity contribution is 5.91. The first kappa shape index (κ1) is 24.8. The van der Waals surface area contributed by atoms with Gasteiger partial charge in [-0.1, -0.05) is 38.1 Å². The molecule has 0 spiro atoms. The van der Waals surface area contributed by atoms with Crippen LogP contribution in [-0.4, -0.2) is 32.3 Å². The molecule has 0 aromatic heterocycles. The van der Waals surface area contributed by atoms with Gasteiger partial charge < -0.3 is 18.9 Å². The summed E-state index contributed by atoms with van der Waals surface area (Å²) in [6.07, 6.45) is 1.36. The first-order valence-electron chi connectivity index (χ1n) is 11.4. The van der Waals surface area contributed by atoms with Crippen LogP contribution in [0.2, 0.25) is 0 Å². The van der Waals surface area contributed by atoms with Gasteiger partial charge in [-0.3, -0.25) is 4.79 Å². The molecule has 0 saturated heterocycles. The number of ether oxygens (including phenoxy) is 4. The Morgan fingerprint density at radius 1 is 0.765 bits per heavy atom. The van der Waals surface area contributed by atoms with E-state index in [1.54, 1.807) is 43.5 Å². The predicted octanol–water partition coefficient (Wildman–Crippen LogP) is 5.94. The van der Waals surface area contributed by atoms with Gasteiger partial charge in [0.25, 0.3) is 0 Å². The summed E-state index contributed by atoms with van der Waals surface area (Å²) in [6.45, 7) is 4.54. The van der Waals surface area contributed by atoms with Crippen LogP contribution in [0.25, 0.3) is 11.1 Å². The third kappa shape index (κ3) is 7.10. The molecule has 34 heavy (non-hydrogen) atoms. The van der Waals surface area contributed by atoms with Gasteiger partial charge in [0.05, 0.1) is 31.8 Å². The summed E-state index contributed by atoms with van der Waals surface area (Å²) < 4.78 is 21.5. The Bertz CT molecular complexity index is 1060. The number of carbonyl (C=O) groups is 2. The topological polar surface area (TPSA) is 71.1 Å². The molecule has 0 radical (unpaired) electrons. The molecule has 0 saturated carbocycles. The molecule has 0 heterocycles. The van der Waals surface area contributed by atoms with Crippen LogP contribution in [0.4, 0.5) is 0 Å². The number of benzene rings is 3. The molecule has 1 atom stereocenters.